The maximum absolute atomic E-state index is 12.4. The standard InChI is InChI=1S/C21H26N4O3/c1-15(2)16-3-5-17(6-4-16)24-20(26)18-13-23-19(14-22-18)25-9-7-21(8-10-25)27-11-12-28-21/h3-6,13-15H,7-12H2,1-2H3,(H,24,26). The van der Waals surface area contributed by atoms with Gasteiger partial charge in [-0.15, -0.1) is 0 Å². The summed E-state index contributed by atoms with van der Waals surface area (Å²) in [5, 5.41) is 2.87. The summed E-state index contributed by atoms with van der Waals surface area (Å²) in [5.74, 6) is 0.557. The van der Waals surface area contributed by atoms with Crippen molar-refractivity contribution in [2.45, 2.75) is 38.4 Å². The second-order valence-electron chi connectivity index (χ2n) is 7.59. The first-order valence-corrected chi connectivity index (χ1v) is 9.81. The molecule has 0 bridgehead atoms. The predicted octanol–water partition coefficient (Wildman–Crippen LogP) is 3.20. The molecule has 7 heteroatoms. The average Bonchev–Trinajstić information content (AvgIpc) is 3.17. The number of carbonyl (C=O) groups is 1. The van der Waals surface area contributed by atoms with Crippen molar-refractivity contribution in [3.05, 3.63) is 47.9 Å². The Morgan fingerprint density at radius 1 is 1.07 bits per heavy atom. The van der Waals surface area contributed by atoms with Crippen molar-refractivity contribution in [1.82, 2.24) is 9.97 Å². The normalized spacial score (nSPS) is 18.6. The third kappa shape index (κ3) is 4.00. The molecule has 2 aromatic rings. The Balaban J connectivity index is 1.35. The zero-order valence-electron chi connectivity index (χ0n) is 16.4. The van der Waals surface area contributed by atoms with Crippen LogP contribution in [0.2, 0.25) is 0 Å². The lowest BCUT2D eigenvalue weighted by molar-refractivity contribution is -0.169. The summed E-state index contributed by atoms with van der Waals surface area (Å²) in [6.07, 6.45) is 4.80. The lowest BCUT2D eigenvalue weighted by atomic mass is 10.0. The molecule has 0 unspecified atom stereocenters. The molecule has 148 valence electrons. The number of anilines is 2. The molecule has 1 spiro atoms. The lowest BCUT2D eigenvalue weighted by Crippen LogP contribution is -2.45. The van der Waals surface area contributed by atoms with Crippen LogP contribution in [-0.4, -0.2) is 48.0 Å². The van der Waals surface area contributed by atoms with E-state index in [1.165, 1.54) is 11.8 Å². The molecule has 1 aromatic carbocycles. The Morgan fingerprint density at radius 2 is 1.75 bits per heavy atom. The highest BCUT2D eigenvalue weighted by molar-refractivity contribution is 6.02. The highest BCUT2D eigenvalue weighted by Gasteiger charge is 2.40. The predicted molar refractivity (Wildman–Crippen MR) is 107 cm³/mol. The van der Waals surface area contributed by atoms with Gasteiger partial charge >= 0.3 is 0 Å². The molecule has 0 radical (unpaired) electrons. The molecule has 0 aliphatic carbocycles. The Bertz CT molecular complexity index is 805. The molecule has 3 heterocycles. The van der Waals surface area contributed by atoms with Gasteiger partial charge in [-0.1, -0.05) is 26.0 Å². The fourth-order valence-corrected chi connectivity index (χ4v) is 3.61. The largest absolute Gasteiger partial charge is 0.355 e. The van der Waals surface area contributed by atoms with Gasteiger partial charge in [0.25, 0.3) is 5.91 Å². The number of piperidine rings is 1. The topological polar surface area (TPSA) is 76.6 Å². The monoisotopic (exact) mass is 382 g/mol. The minimum Gasteiger partial charge on any atom is -0.355 e. The molecule has 2 saturated heterocycles. The number of hydrogen-bond acceptors (Lipinski definition) is 6. The van der Waals surface area contributed by atoms with Crippen LogP contribution >= 0.6 is 0 Å². The molecule has 2 fully saturated rings. The van der Waals surface area contributed by atoms with Gasteiger partial charge in [0.05, 0.1) is 25.6 Å². The lowest BCUT2D eigenvalue weighted by Gasteiger charge is -2.37. The summed E-state index contributed by atoms with van der Waals surface area (Å²) < 4.78 is 11.5. The summed E-state index contributed by atoms with van der Waals surface area (Å²) in [4.78, 5) is 23.3. The van der Waals surface area contributed by atoms with E-state index in [2.05, 4.69) is 34.0 Å². The van der Waals surface area contributed by atoms with E-state index in [9.17, 15) is 4.79 Å². The van der Waals surface area contributed by atoms with Crippen molar-refractivity contribution >= 4 is 17.4 Å². The fraction of sp³-hybridized carbons (Fsp3) is 0.476. The zero-order chi connectivity index (χ0) is 19.6. The average molecular weight is 382 g/mol. The van der Waals surface area contributed by atoms with Crippen molar-refractivity contribution in [3.63, 3.8) is 0 Å². The quantitative estimate of drug-likeness (QED) is 0.875. The van der Waals surface area contributed by atoms with E-state index in [0.29, 0.717) is 24.8 Å². The third-order valence-electron chi connectivity index (χ3n) is 5.37. The number of carbonyl (C=O) groups excluding carboxylic acids is 1. The maximum atomic E-state index is 12.4. The highest BCUT2D eigenvalue weighted by atomic mass is 16.7. The molecule has 0 atom stereocenters. The molecule has 2 aliphatic rings. The van der Waals surface area contributed by atoms with Crippen LogP contribution in [0.4, 0.5) is 11.5 Å². The van der Waals surface area contributed by atoms with Crippen LogP contribution in [0.3, 0.4) is 0 Å². The van der Waals surface area contributed by atoms with Gasteiger partial charge in [0, 0.05) is 31.6 Å². The number of rotatable bonds is 4. The van der Waals surface area contributed by atoms with Gasteiger partial charge in [0.2, 0.25) is 0 Å². The number of amides is 1. The van der Waals surface area contributed by atoms with E-state index in [4.69, 9.17) is 9.47 Å². The van der Waals surface area contributed by atoms with Gasteiger partial charge in [0.1, 0.15) is 11.5 Å². The molecular formula is C21H26N4O3. The Labute approximate surface area is 165 Å². The number of ether oxygens (including phenoxy) is 2. The summed E-state index contributed by atoms with van der Waals surface area (Å²) in [6.45, 7) is 7.21. The number of aromatic nitrogens is 2. The smallest absolute Gasteiger partial charge is 0.275 e. The van der Waals surface area contributed by atoms with Crippen LogP contribution in [0.1, 0.15) is 48.7 Å². The van der Waals surface area contributed by atoms with Crippen molar-refractivity contribution in [3.8, 4) is 0 Å². The van der Waals surface area contributed by atoms with E-state index < -0.39 is 5.79 Å². The maximum Gasteiger partial charge on any atom is 0.275 e. The van der Waals surface area contributed by atoms with E-state index in [0.717, 1.165) is 37.4 Å². The molecule has 2 aliphatic heterocycles. The second-order valence-corrected chi connectivity index (χ2v) is 7.59. The molecule has 1 aromatic heterocycles. The number of nitrogens with one attached hydrogen (secondary N) is 1. The van der Waals surface area contributed by atoms with Gasteiger partial charge in [-0.05, 0) is 23.6 Å². The van der Waals surface area contributed by atoms with Crippen LogP contribution < -0.4 is 10.2 Å². The Hall–Kier alpha value is -2.51. The molecular weight excluding hydrogens is 356 g/mol. The van der Waals surface area contributed by atoms with E-state index in [1.54, 1.807) is 6.20 Å². The van der Waals surface area contributed by atoms with Crippen molar-refractivity contribution < 1.29 is 14.3 Å². The summed E-state index contributed by atoms with van der Waals surface area (Å²) in [6, 6.07) is 7.86. The summed E-state index contributed by atoms with van der Waals surface area (Å²) in [5.41, 5.74) is 2.28. The van der Waals surface area contributed by atoms with E-state index >= 15 is 0 Å². The molecule has 7 nitrogen and oxygen atoms in total. The first kappa shape index (κ1) is 18.8. The van der Waals surface area contributed by atoms with Gasteiger partial charge < -0.3 is 19.7 Å². The minimum absolute atomic E-state index is 0.262. The Kier molecular flexibility index (Phi) is 5.28. The second kappa shape index (κ2) is 7.85. The van der Waals surface area contributed by atoms with Gasteiger partial charge in [-0.3, -0.25) is 4.79 Å². The van der Waals surface area contributed by atoms with Crippen molar-refractivity contribution in [2.75, 3.05) is 36.5 Å². The van der Waals surface area contributed by atoms with Crippen molar-refractivity contribution in [1.29, 1.82) is 0 Å². The number of nitrogens with zero attached hydrogens (tertiary/aromatic N) is 3. The fourth-order valence-electron chi connectivity index (χ4n) is 3.61. The van der Waals surface area contributed by atoms with Crippen molar-refractivity contribution in [2.24, 2.45) is 0 Å². The van der Waals surface area contributed by atoms with E-state index in [1.807, 2.05) is 24.3 Å². The first-order valence-electron chi connectivity index (χ1n) is 9.81. The van der Waals surface area contributed by atoms with Crippen LogP contribution in [0, 0.1) is 0 Å². The Morgan fingerprint density at radius 3 is 2.32 bits per heavy atom. The number of benzene rings is 1. The molecule has 1 N–H and O–H groups in total. The van der Waals surface area contributed by atoms with Crippen LogP contribution in [0.15, 0.2) is 36.7 Å². The van der Waals surface area contributed by atoms with Crippen LogP contribution in [0.25, 0.3) is 0 Å². The summed E-state index contributed by atoms with van der Waals surface area (Å²) >= 11 is 0. The molecule has 1 amide bonds. The van der Waals surface area contributed by atoms with Gasteiger partial charge in [0.15, 0.2) is 5.79 Å². The summed E-state index contributed by atoms with van der Waals surface area (Å²) in [7, 11) is 0. The van der Waals surface area contributed by atoms with Crippen LogP contribution in [0.5, 0.6) is 0 Å². The molecule has 0 saturated carbocycles. The number of hydrogen-bond donors (Lipinski definition) is 1. The molecule has 4 rings (SSSR count). The van der Waals surface area contributed by atoms with Crippen LogP contribution in [-0.2, 0) is 9.47 Å². The highest BCUT2D eigenvalue weighted by Crippen LogP contribution is 2.32. The van der Waals surface area contributed by atoms with Gasteiger partial charge in [-0.25, -0.2) is 9.97 Å². The SMILES string of the molecule is CC(C)c1ccc(NC(=O)c2cnc(N3CCC4(CC3)OCCO4)cn2)cc1. The van der Waals surface area contributed by atoms with E-state index in [-0.39, 0.29) is 5.91 Å². The first-order chi connectivity index (χ1) is 13.5. The minimum atomic E-state index is -0.408. The molecule has 28 heavy (non-hydrogen) atoms. The van der Waals surface area contributed by atoms with Gasteiger partial charge in [-0.2, -0.15) is 0 Å². The third-order valence-corrected chi connectivity index (χ3v) is 5.37. The zero-order valence-corrected chi connectivity index (χ0v) is 16.4.